The molecule has 7 atom stereocenters. The van der Waals surface area contributed by atoms with Gasteiger partial charge in [0.1, 0.15) is 18.3 Å². The van der Waals surface area contributed by atoms with Gasteiger partial charge < -0.3 is 33.5 Å². The molecule has 1 saturated heterocycles. The maximum atomic E-state index is 12.8. The molecular weight excluding hydrogens is 550 g/mol. The molecule has 0 aromatic heterocycles. The molecule has 0 amide bonds. The van der Waals surface area contributed by atoms with Crippen molar-refractivity contribution in [2.45, 2.75) is 87.6 Å². The normalized spacial score (nSPS) is 36.4. The Bertz CT molecular complexity index is 1290. The van der Waals surface area contributed by atoms with Gasteiger partial charge in [-0.2, -0.15) is 0 Å². The summed E-state index contributed by atoms with van der Waals surface area (Å²) in [6.45, 7) is 11.5. The van der Waals surface area contributed by atoms with Crippen molar-refractivity contribution in [1.29, 1.82) is 0 Å². The Labute approximate surface area is 254 Å². The molecule has 8 rings (SSSR count). The van der Waals surface area contributed by atoms with Gasteiger partial charge in [-0.15, -0.1) is 0 Å². The van der Waals surface area contributed by atoms with E-state index >= 15 is 0 Å². The van der Waals surface area contributed by atoms with E-state index in [9.17, 15) is 9.90 Å². The number of nitrogens with zero attached hydrogens (tertiary/aromatic N) is 1. The highest BCUT2D eigenvalue weighted by Crippen LogP contribution is 2.77. The summed E-state index contributed by atoms with van der Waals surface area (Å²) >= 11 is 0. The fraction of sp³-hybridized carbons (Fsp3) is 0.735. The number of hydrogen-bond acceptors (Lipinski definition) is 9. The van der Waals surface area contributed by atoms with Gasteiger partial charge in [-0.25, -0.2) is 4.79 Å². The largest absolute Gasteiger partial charge is 0.514 e. The van der Waals surface area contributed by atoms with Crippen LogP contribution >= 0.6 is 0 Å². The number of carbonyl (C=O) groups is 1. The van der Waals surface area contributed by atoms with Gasteiger partial charge in [0.25, 0.3) is 0 Å². The molecule has 0 unspecified atom stereocenters. The molecule has 5 aliphatic carbocycles. The van der Waals surface area contributed by atoms with Crippen molar-refractivity contribution in [2.75, 3.05) is 53.7 Å². The Balaban J connectivity index is 1.27. The van der Waals surface area contributed by atoms with Crippen LogP contribution < -0.4 is 9.47 Å². The van der Waals surface area contributed by atoms with E-state index in [1.807, 2.05) is 19.9 Å². The molecule has 2 aliphatic heterocycles. The average Bonchev–Trinajstić information content (AvgIpc) is 3.73. The summed E-state index contributed by atoms with van der Waals surface area (Å²) in [5.41, 5.74) is 1.02. The Morgan fingerprint density at radius 3 is 2.67 bits per heavy atom. The molecule has 7 aliphatic rings. The van der Waals surface area contributed by atoms with Crippen LogP contribution in [0.15, 0.2) is 24.3 Å². The first-order chi connectivity index (χ1) is 20.6. The van der Waals surface area contributed by atoms with Crippen LogP contribution in [0.2, 0.25) is 0 Å². The van der Waals surface area contributed by atoms with Crippen LogP contribution in [0.25, 0.3) is 0 Å². The Morgan fingerprint density at radius 2 is 1.95 bits per heavy atom. The predicted octanol–water partition coefficient (Wildman–Crippen LogP) is 4.42. The molecule has 9 nitrogen and oxygen atoms in total. The summed E-state index contributed by atoms with van der Waals surface area (Å²) in [5.74, 6) is 1.65. The first kappa shape index (κ1) is 29.5. The molecular formula is C34H47NO8. The summed E-state index contributed by atoms with van der Waals surface area (Å²) < 4.78 is 35.2. The highest BCUT2D eigenvalue weighted by Gasteiger charge is 2.82. The standard InChI is InChI=1S/C34H47NO8/c1-21(2)31(3,37)25-19-32-10-11-34(25,39-5)29-33(32)12-13-35(20-22-6-7-22)26(32)18-23-8-9-24(28(43-29)27(23)33)42-30(36)41-17-16-40-15-14-38-4/h8-9,22,25-26,29,37H,1,6-7,10-20H2,2-5H3/t25-,26-,29-,31-,32-,33+,34+/m1/s1. The number of hydrogen-bond donors (Lipinski definition) is 1. The number of carbonyl (C=O) groups excluding carboxylic acids is 1. The summed E-state index contributed by atoms with van der Waals surface area (Å²) in [7, 11) is 3.38. The van der Waals surface area contributed by atoms with Crippen LogP contribution in [0.1, 0.15) is 63.5 Å². The van der Waals surface area contributed by atoms with Gasteiger partial charge in [-0.3, -0.25) is 4.90 Å². The van der Waals surface area contributed by atoms with Gasteiger partial charge in [0.2, 0.25) is 0 Å². The molecule has 4 bridgehead atoms. The first-order valence-electron chi connectivity index (χ1n) is 16.1. The second kappa shape index (κ2) is 10.4. The van der Waals surface area contributed by atoms with Crippen LogP contribution in [-0.4, -0.2) is 93.2 Å². The monoisotopic (exact) mass is 597 g/mol. The van der Waals surface area contributed by atoms with E-state index in [1.54, 1.807) is 14.2 Å². The number of ether oxygens (including phenoxy) is 6. The Kier molecular flexibility index (Phi) is 7.17. The van der Waals surface area contributed by atoms with Crippen molar-refractivity contribution in [1.82, 2.24) is 4.90 Å². The van der Waals surface area contributed by atoms with Crippen molar-refractivity contribution in [3.63, 3.8) is 0 Å². The molecule has 2 spiro atoms. The summed E-state index contributed by atoms with van der Waals surface area (Å²) in [6.07, 6.45) is 6.12. The number of benzene rings is 1. The van der Waals surface area contributed by atoms with Crippen LogP contribution in [0, 0.1) is 17.3 Å². The highest BCUT2D eigenvalue weighted by molar-refractivity contribution is 5.70. The number of aliphatic hydroxyl groups is 1. The number of likely N-dealkylation sites (tertiary alicyclic amines) is 1. The summed E-state index contributed by atoms with van der Waals surface area (Å²) in [4.78, 5) is 15.6. The lowest BCUT2D eigenvalue weighted by Gasteiger charge is -2.75. The maximum absolute atomic E-state index is 12.8. The van der Waals surface area contributed by atoms with E-state index in [0.29, 0.717) is 30.8 Å². The zero-order chi connectivity index (χ0) is 30.2. The lowest BCUT2D eigenvalue weighted by Crippen LogP contribution is -2.82. The van der Waals surface area contributed by atoms with Crippen LogP contribution in [0.3, 0.4) is 0 Å². The third-order valence-electron chi connectivity index (χ3n) is 12.3. The fourth-order valence-electron chi connectivity index (χ4n) is 9.97. The van der Waals surface area contributed by atoms with E-state index in [-0.39, 0.29) is 36.1 Å². The van der Waals surface area contributed by atoms with E-state index < -0.39 is 17.4 Å². The average molecular weight is 598 g/mol. The molecule has 236 valence electrons. The number of methoxy groups -OCH3 is 2. The molecule has 4 saturated carbocycles. The van der Waals surface area contributed by atoms with E-state index in [2.05, 4.69) is 17.5 Å². The fourth-order valence-corrected chi connectivity index (χ4v) is 9.97. The lowest BCUT2D eigenvalue weighted by molar-refractivity contribution is -0.298. The van der Waals surface area contributed by atoms with Crippen LogP contribution in [-0.2, 0) is 30.8 Å². The minimum atomic E-state index is -1.12. The second-order valence-corrected chi connectivity index (χ2v) is 14.1. The molecule has 9 heteroatoms. The van der Waals surface area contributed by atoms with Crippen molar-refractivity contribution in [3.05, 3.63) is 35.4 Å². The van der Waals surface area contributed by atoms with Crippen molar-refractivity contribution in [3.8, 4) is 11.5 Å². The van der Waals surface area contributed by atoms with Crippen LogP contribution in [0.5, 0.6) is 11.5 Å². The van der Waals surface area contributed by atoms with Gasteiger partial charge in [0, 0.05) is 49.1 Å². The zero-order valence-corrected chi connectivity index (χ0v) is 26.1. The van der Waals surface area contributed by atoms with Crippen molar-refractivity contribution in [2.24, 2.45) is 17.3 Å². The van der Waals surface area contributed by atoms with Crippen LogP contribution in [0.4, 0.5) is 4.79 Å². The number of rotatable bonds is 12. The van der Waals surface area contributed by atoms with Gasteiger partial charge >= 0.3 is 6.16 Å². The molecule has 1 N–H and O–H groups in total. The Hall–Kier alpha value is -2.17. The molecule has 1 aromatic rings. The van der Waals surface area contributed by atoms with Gasteiger partial charge in [0.05, 0.1) is 25.4 Å². The minimum absolute atomic E-state index is 0.0856. The minimum Gasteiger partial charge on any atom is -0.482 e. The summed E-state index contributed by atoms with van der Waals surface area (Å²) in [5, 5.41) is 12.1. The molecule has 0 radical (unpaired) electrons. The topological polar surface area (TPSA) is 95.9 Å². The first-order valence-corrected chi connectivity index (χ1v) is 16.1. The lowest BCUT2D eigenvalue weighted by atomic mass is 9.33. The molecule has 43 heavy (non-hydrogen) atoms. The molecule has 5 fully saturated rings. The van der Waals surface area contributed by atoms with Gasteiger partial charge in [-0.05, 0) is 88.5 Å². The Morgan fingerprint density at radius 1 is 1.16 bits per heavy atom. The maximum Gasteiger partial charge on any atom is 0.514 e. The van der Waals surface area contributed by atoms with Crippen molar-refractivity contribution >= 4 is 6.16 Å². The zero-order valence-electron chi connectivity index (χ0n) is 26.1. The highest BCUT2D eigenvalue weighted by atomic mass is 16.7. The number of piperidine rings is 1. The van der Waals surface area contributed by atoms with Crippen molar-refractivity contribution < 1.29 is 38.3 Å². The second-order valence-electron chi connectivity index (χ2n) is 14.1. The van der Waals surface area contributed by atoms with E-state index in [1.165, 1.54) is 24.0 Å². The quantitative estimate of drug-likeness (QED) is 0.163. The SMILES string of the molecule is C=C(C)[C@@](C)(O)[C@H]1C[C@@]23CC[C@@]1(OC)[C@@H]1Oc4c(OC(=O)OCCOCCOC)ccc5c4[C@@]12CCN(CC1CC1)[C@@H]3C5. The smallest absolute Gasteiger partial charge is 0.482 e. The van der Waals surface area contributed by atoms with E-state index in [4.69, 9.17) is 28.4 Å². The van der Waals surface area contributed by atoms with Gasteiger partial charge in [-0.1, -0.05) is 12.6 Å². The molecule has 1 aromatic carbocycles. The molecule has 2 heterocycles. The third-order valence-corrected chi connectivity index (χ3v) is 12.3. The summed E-state index contributed by atoms with van der Waals surface area (Å²) in [6, 6.07) is 4.35. The number of fused-ring (bicyclic) bond motifs is 2. The predicted molar refractivity (Wildman–Crippen MR) is 159 cm³/mol. The van der Waals surface area contributed by atoms with Gasteiger partial charge in [0.15, 0.2) is 11.5 Å². The third kappa shape index (κ3) is 4.11. The van der Waals surface area contributed by atoms with E-state index in [0.717, 1.165) is 56.7 Å².